The van der Waals surface area contributed by atoms with Gasteiger partial charge in [-0.25, -0.2) is 0 Å². The van der Waals surface area contributed by atoms with Gasteiger partial charge in [-0.3, -0.25) is 9.59 Å². The summed E-state index contributed by atoms with van der Waals surface area (Å²) in [7, 11) is 0. The molecule has 2 aliphatic rings. The second-order valence-electron chi connectivity index (χ2n) is 7.94. The number of carbonyl (C=O) groups excluding carboxylic acids is 2. The minimum absolute atomic E-state index is 0.0703. The number of nitrogens with zero attached hydrogens (tertiary/aromatic N) is 3. The molecule has 1 aromatic heterocycles. The number of aromatic nitrogens is 1. The maximum absolute atomic E-state index is 12.9. The van der Waals surface area contributed by atoms with Crippen molar-refractivity contribution < 1.29 is 23.6 Å². The normalized spacial score (nSPS) is 21.7. The van der Waals surface area contributed by atoms with Gasteiger partial charge in [-0.2, -0.15) is 0 Å². The molecule has 4 rings (SSSR count). The van der Waals surface area contributed by atoms with Crippen LogP contribution in [0.15, 0.2) is 39.3 Å². The first-order valence-electron chi connectivity index (χ1n) is 10.5. The van der Waals surface area contributed by atoms with Gasteiger partial charge < -0.3 is 23.8 Å². The molecular formula is C22H26BrN3O5. The van der Waals surface area contributed by atoms with E-state index in [-0.39, 0.29) is 29.6 Å². The Morgan fingerprint density at radius 3 is 2.71 bits per heavy atom. The lowest BCUT2D eigenvalue weighted by Crippen LogP contribution is -2.50. The lowest BCUT2D eigenvalue weighted by Gasteiger charge is -2.39. The van der Waals surface area contributed by atoms with Crippen molar-refractivity contribution in [2.75, 3.05) is 39.4 Å². The van der Waals surface area contributed by atoms with E-state index in [1.807, 2.05) is 29.2 Å². The van der Waals surface area contributed by atoms with Crippen LogP contribution in [-0.2, 0) is 9.53 Å². The third kappa shape index (κ3) is 5.46. The van der Waals surface area contributed by atoms with Gasteiger partial charge in [0, 0.05) is 55.5 Å². The third-order valence-corrected chi connectivity index (χ3v) is 6.17. The lowest BCUT2D eigenvalue weighted by molar-refractivity contribution is -0.137. The van der Waals surface area contributed by atoms with Gasteiger partial charge in [0.1, 0.15) is 11.9 Å². The zero-order valence-corrected chi connectivity index (χ0v) is 19.0. The Hall–Kier alpha value is -2.39. The molecule has 8 nitrogen and oxygen atoms in total. The second-order valence-corrected chi connectivity index (χ2v) is 8.86. The molecule has 1 aromatic carbocycles. The minimum Gasteiger partial charge on any atom is -0.490 e. The largest absolute Gasteiger partial charge is 0.490 e. The van der Waals surface area contributed by atoms with Gasteiger partial charge >= 0.3 is 0 Å². The average molecular weight is 492 g/mol. The summed E-state index contributed by atoms with van der Waals surface area (Å²) in [5.41, 5.74) is 0.662. The highest BCUT2D eigenvalue weighted by Gasteiger charge is 2.36. The number of rotatable bonds is 5. The minimum atomic E-state index is -0.203. The molecular weight excluding hydrogens is 466 g/mol. The van der Waals surface area contributed by atoms with Crippen LogP contribution in [0.3, 0.4) is 0 Å². The highest BCUT2D eigenvalue weighted by atomic mass is 79.9. The molecule has 0 radical (unpaired) electrons. The summed E-state index contributed by atoms with van der Waals surface area (Å²) in [5, 5.41) is 3.82. The summed E-state index contributed by atoms with van der Waals surface area (Å²) >= 11 is 3.47. The van der Waals surface area contributed by atoms with Crippen LogP contribution in [0, 0.1) is 12.8 Å². The number of piperidine rings is 1. The van der Waals surface area contributed by atoms with E-state index in [1.54, 1.807) is 17.9 Å². The molecule has 0 spiro atoms. The molecule has 2 fully saturated rings. The highest BCUT2D eigenvalue weighted by molar-refractivity contribution is 9.10. The van der Waals surface area contributed by atoms with Gasteiger partial charge in [0.05, 0.1) is 18.9 Å². The molecule has 2 atom stereocenters. The Balaban J connectivity index is 1.48. The molecule has 9 heteroatoms. The molecule has 2 aliphatic heterocycles. The van der Waals surface area contributed by atoms with E-state index < -0.39 is 0 Å². The molecule has 0 saturated carbocycles. The number of likely N-dealkylation sites (tertiary alicyclic amines) is 1. The Labute approximate surface area is 189 Å². The maximum Gasteiger partial charge on any atom is 0.292 e. The zero-order valence-electron chi connectivity index (χ0n) is 17.5. The van der Waals surface area contributed by atoms with Crippen LogP contribution in [0.1, 0.15) is 29.1 Å². The molecule has 0 N–H and O–H groups in total. The third-order valence-electron chi connectivity index (χ3n) is 5.67. The fourth-order valence-corrected chi connectivity index (χ4v) is 4.43. The Kier molecular flexibility index (Phi) is 6.92. The molecule has 166 valence electrons. The summed E-state index contributed by atoms with van der Waals surface area (Å²) in [6.07, 6.45) is 0.782. The SMILES string of the molecule is Cc1cc(C(=O)N2CC[C@H](Oc3cccc(Br)c3)[C@@H](CC(=O)N3CCOCC3)C2)on1. The van der Waals surface area contributed by atoms with Crippen molar-refractivity contribution >= 4 is 27.7 Å². The Morgan fingerprint density at radius 1 is 1.19 bits per heavy atom. The first kappa shape index (κ1) is 21.8. The molecule has 2 aromatic rings. The van der Waals surface area contributed by atoms with Crippen LogP contribution >= 0.6 is 15.9 Å². The van der Waals surface area contributed by atoms with Gasteiger partial charge in [0.25, 0.3) is 5.91 Å². The van der Waals surface area contributed by atoms with Crippen molar-refractivity contribution in [3.05, 3.63) is 46.3 Å². The predicted octanol–water partition coefficient (Wildman–Crippen LogP) is 2.90. The van der Waals surface area contributed by atoms with Gasteiger partial charge in [-0.1, -0.05) is 27.2 Å². The molecule has 2 saturated heterocycles. The number of benzene rings is 1. The molecule has 3 heterocycles. The van der Waals surface area contributed by atoms with Gasteiger partial charge in [-0.05, 0) is 25.1 Å². The first-order valence-corrected chi connectivity index (χ1v) is 11.3. The van der Waals surface area contributed by atoms with E-state index in [9.17, 15) is 9.59 Å². The van der Waals surface area contributed by atoms with E-state index >= 15 is 0 Å². The summed E-state index contributed by atoms with van der Waals surface area (Å²) < 4.78 is 17.7. The number of carbonyl (C=O) groups is 2. The standard InChI is InChI=1S/C22H26BrN3O5/c1-15-11-20(31-24-15)22(28)26-6-5-19(30-18-4-2-3-17(23)13-18)16(14-26)12-21(27)25-7-9-29-10-8-25/h2-4,11,13,16,19H,5-10,12,14H2,1H3/t16-,19-/m0/s1. The van der Waals surface area contributed by atoms with E-state index in [1.165, 1.54) is 0 Å². The number of halogens is 1. The van der Waals surface area contributed by atoms with Crippen molar-refractivity contribution in [1.82, 2.24) is 15.0 Å². The van der Waals surface area contributed by atoms with E-state index in [4.69, 9.17) is 14.0 Å². The van der Waals surface area contributed by atoms with E-state index in [2.05, 4.69) is 21.1 Å². The summed E-state index contributed by atoms with van der Waals surface area (Å²) in [4.78, 5) is 29.4. The maximum atomic E-state index is 12.9. The topological polar surface area (TPSA) is 85.1 Å². The van der Waals surface area contributed by atoms with E-state index in [0.717, 1.165) is 10.2 Å². The quantitative estimate of drug-likeness (QED) is 0.639. The van der Waals surface area contributed by atoms with Crippen molar-refractivity contribution in [2.24, 2.45) is 5.92 Å². The van der Waals surface area contributed by atoms with Gasteiger partial charge in [-0.15, -0.1) is 0 Å². The van der Waals surface area contributed by atoms with Crippen LogP contribution in [0.25, 0.3) is 0 Å². The Morgan fingerprint density at radius 2 is 2.00 bits per heavy atom. The first-order chi connectivity index (χ1) is 15.0. The summed E-state index contributed by atoms with van der Waals surface area (Å²) in [6.45, 7) is 5.05. The molecule has 0 bridgehead atoms. The smallest absolute Gasteiger partial charge is 0.292 e. The summed E-state index contributed by atoms with van der Waals surface area (Å²) in [5.74, 6) is 0.707. The number of hydrogen-bond donors (Lipinski definition) is 0. The van der Waals surface area contributed by atoms with Crippen molar-refractivity contribution in [2.45, 2.75) is 25.9 Å². The number of morpholine rings is 1. The van der Waals surface area contributed by atoms with Crippen LogP contribution in [0.2, 0.25) is 0 Å². The fourth-order valence-electron chi connectivity index (χ4n) is 4.05. The van der Waals surface area contributed by atoms with E-state index in [0.29, 0.717) is 57.9 Å². The average Bonchev–Trinajstić information content (AvgIpc) is 3.21. The second kappa shape index (κ2) is 9.82. The van der Waals surface area contributed by atoms with Crippen LogP contribution in [-0.4, -0.2) is 72.3 Å². The number of aryl methyl sites for hydroxylation is 1. The molecule has 0 aliphatic carbocycles. The van der Waals surface area contributed by atoms with Gasteiger partial charge in [0.2, 0.25) is 11.7 Å². The van der Waals surface area contributed by atoms with Crippen molar-refractivity contribution in [3.63, 3.8) is 0 Å². The zero-order chi connectivity index (χ0) is 21.8. The van der Waals surface area contributed by atoms with Crippen molar-refractivity contribution in [1.29, 1.82) is 0 Å². The monoisotopic (exact) mass is 491 g/mol. The molecule has 0 unspecified atom stereocenters. The molecule has 2 amide bonds. The Bertz CT molecular complexity index is 927. The predicted molar refractivity (Wildman–Crippen MR) is 116 cm³/mol. The van der Waals surface area contributed by atoms with Crippen molar-refractivity contribution in [3.8, 4) is 5.75 Å². The molecule has 31 heavy (non-hydrogen) atoms. The van der Waals surface area contributed by atoms with Crippen LogP contribution < -0.4 is 4.74 Å². The fraction of sp³-hybridized carbons (Fsp3) is 0.500. The lowest BCUT2D eigenvalue weighted by atomic mass is 9.90. The number of ether oxygens (including phenoxy) is 2. The summed E-state index contributed by atoms with van der Waals surface area (Å²) in [6, 6.07) is 9.31. The van der Waals surface area contributed by atoms with Gasteiger partial charge in [0.15, 0.2) is 0 Å². The van der Waals surface area contributed by atoms with Crippen LogP contribution in [0.4, 0.5) is 0 Å². The number of hydrogen-bond acceptors (Lipinski definition) is 6. The number of amides is 2. The highest BCUT2D eigenvalue weighted by Crippen LogP contribution is 2.28. The van der Waals surface area contributed by atoms with Crippen LogP contribution in [0.5, 0.6) is 5.75 Å².